The minimum absolute atomic E-state index is 0.246. The lowest BCUT2D eigenvalue weighted by molar-refractivity contribution is 0.0690. The highest BCUT2D eigenvalue weighted by Gasteiger charge is 2.14. The molecule has 2 aromatic heterocycles. The Morgan fingerprint density at radius 1 is 1.28 bits per heavy atom. The monoisotopic (exact) mass is 240 g/mol. The van der Waals surface area contributed by atoms with Crippen LogP contribution in [0.2, 0.25) is 0 Å². The van der Waals surface area contributed by atoms with Crippen LogP contribution in [0.25, 0.3) is 22.2 Å². The normalized spacial score (nSPS) is 10.9. The number of carboxylic acids is 1. The van der Waals surface area contributed by atoms with Crippen LogP contribution < -0.4 is 0 Å². The van der Waals surface area contributed by atoms with E-state index in [0.717, 1.165) is 27.7 Å². The molecule has 0 bridgehead atoms. The second kappa shape index (κ2) is 3.77. The van der Waals surface area contributed by atoms with Crippen LogP contribution in [0.1, 0.15) is 16.1 Å². The number of hydrogen-bond donors (Lipinski definition) is 3. The smallest absolute Gasteiger partial charge is 0.352 e. The second-order valence-electron chi connectivity index (χ2n) is 4.29. The molecule has 0 aliphatic carbocycles. The number of fused-ring (bicyclic) bond motifs is 1. The molecule has 0 aliphatic rings. The summed E-state index contributed by atoms with van der Waals surface area (Å²) in [6, 6.07) is 9.79. The Kier molecular flexibility index (Phi) is 2.23. The van der Waals surface area contributed by atoms with E-state index in [2.05, 4.69) is 9.97 Å². The number of hydrogen-bond acceptors (Lipinski definition) is 1. The fourth-order valence-corrected chi connectivity index (χ4v) is 2.22. The Morgan fingerprint density at radius 2 is 2.06 bits per heavy atom. The van der Waals surface area contributed by atoms with Gasteiger partial charge in [-0.2, -0.15) is 0 Å². The molecule has 3 aromatic rings. The van der Waals surface area contributed by atoms with Crippen molar-refractivity contribution in [2.45, 2.75) is 6.92 Å². The fourth-order valence-electron chi connectivity index (χ4n) is 2.22. The van der Waals surface area contributed by atoms with Crippen molar-refractivity contribution in [3.05, 3.63) is 47.8 Å². The van der Waals surface area contributed by atoms with Gasteiger partial charge >= 0.3 is 5.97 Å². The molecule has 0 radical (unpaired) electrons. The number of aromatic amines is 2. The number of para-hydroxylation sites is 1. The van der Waals surface area contributed by atoms with Crippen LogP contribution in [0, 0.1) is 6.92 Å². The Balaban J connectivity index is 2.20. The number of H-pyrrole nitrogens is 2. The summed E-state index contributed by atoms with van der Waals surface area (Å²) in [6.07, 6.45) is 1.89. The first-order valence-electron chi connectivity index (χ1n) is 5.66. The number of aromatic nitrogens is 2. The molecule has 3 rings (SSSR count). The van der Waals surface area contributed by atoms with Crippen molar-refractivity contribution in [1.29, 1.82) is 0 Å². The van der Waals surface area contributed by atoms with Crippen molar-refractivity contribution in [3.8, 4) is 11.3 Å². The first-order valence-corrected chi connectivity index (χ1v) is 5.66. The third-order valence-corrected chi connectivity index (χ3v) is 3.11. The van der Waals surface area contributed by atoms with Crippen LogP contribution in [-0.4, -0.2) is 21.0 Å². The number of aromatic carboxylic acids is 1. The van der Waals surface area contributed by atoms with Gasteiger partial charge in [-0.15, -0.1) is 0 Å². The predicted molar refractivity (Wildman–Crippen MR) is 69.8 cm³/mol. The van der Waals surface area contributed by atoms with Gasteiger partial charge in [0.05, 0.1) is 0 Å². The van der Waals surface area contributed by atoms with Gasteiger partial charge in [-0.3, -0.25) is 0 Å². The molecule has 18 heavy (non-hydrogen) atoms. The summed E-state index contributed by atoms with van der Waals surface area (Å²) < 4.78 is 0. The minimum Gasteiger partial charge on any atom is -0.477 e. The van der Waals surface area contributed by atoms with Crippen molar-refractivity contribution >= 4 is 16.9 Å². The molecule has 3 N–H and O–H groups in total. The van der Waals surface area contributed by atoms with E-state index in [-0.39, 0.29) is 5.69 Å². The average molecular weight is 240 g/mol. The quantitative estimate of drug-likeness (QED) is 0.644. The Bertz CT molecular complexity index is 737. The summed E-state index contributed by atoms with van der Waals surface area (Å²) >= 11 is 0. The molecule has 0 aliphatic heterocycles. The number of carbonyl (C=O) groups is 1. The lowest BCUT2D eigenvalue weighted by atomic mass is 10.1. The first-order chi connectivity index (χ1) is 8.66. The van der Waals surface area contributed by atoms with Crippen LogP contribution in [-0.2, 0) is 0 Å². The highest BCUT2D eigenvalue weighted by atomic mass is 16.4. The van der Waals surface area contributed by atoms with Crippen LogP contribution >= 0.6 is 0 Å². The van der Waals surface area contributed by atoms with E-state index in [1.54, 1.807) is 6.92 Å². The molecule has 0 unspecified atom stereocenters. The van der Waals surface area contributed by atoms with Crippen LogP contribution in [0.3, 0.4) is 0 Å². The standard InChI is InChI=1S/C14H12N2O2/c1-8-6-12(16-13(8)14(17)18)10-7-15-11-5-3-2-4-9(10)11/h2-7,15-16H,1H3,(H,17,18). The molecule has 0 fully saturated rings. The molecule has 0 atom stereocenters. The maximum absolute atomic E-state index is 11.0. The van der Waals surface area contributed by atoms with Crippen LogP contribution in [0.4, 0.5) is 0 Å². The number of rotatable bonds is 2. The summed E-state index contributed by atoms with van der Waals surface area (Å²) in [5, 5.41) is 10.1. The van der Waals surface area contributed by atoms with Gasteiger partial charge in [-0.05, 0) is 24.6 Å². The molecule has 2 heterocycles. The predicted octanol–water partition coefficient (Wildman–Crippen LogP) is 3.17. The molecule has 90 valence electrons. The topological polar surface area (TPSA) is 68.9 Å². The molecule has 4 heteroatoms. The fraction of sp³-hybridized carbons (Fsp3) is 0.0714. The molecule has 1 aromatic carbocycles. The zero-order valence-electron chi connectivity index (χ0n) is 9.82. The van der Waals surface area contributed by atoms with Gasteiger partial charge in [0.2, 0.25) is 0 Å². The van der Waals surface area contributed by atoms with Crippen molar-refractivity contribution < 1.29 is 9.90 Å². The zero-order valence-corrected chi connectivity index (χ0v) is 9.82. The van der Waals surface area contributed by atoms with E-state index in [4.69, 9.17) is 5.11 Å². The number of benzene rings is 1. The van der Waals surface area contributed by atoms with E-state index >= 15 is 0 Å². The van der Waals surface area contributed by atoms with E-state index in [0.29, 0.717) is 0 Å². The van der Waals surface area contributed by atoms with Crippen molar-refractivity contribution in [3.63, 3.8) is 0 Å². The first kappa shape index (κ1) is 10.7. The van der Waals surface area contributed by atoms with E-state index in [9.17, 15) is 4.79 Å². The maximum Gasteiger partial charge on any atom is 0.352 e. The van der Waals surface area contributed by atoms with Gasteiger partial charge in [0.1, 0.15) is 5.69 Å². The molecular formula is C14H12N2O2. The number of nitrogens with one attached hydrogen (secondary N) is 2. The van der Waals surface area contributed by atoms with Gasteiger partial charge in [0, 0.05) is 28.4 Å². The molecule has 0 saturated carbocycles. The minimum atomic E-state index is -0.932. The molecule has 0 spiro atoms. The molecule has 0 saturated heterocycles. The van der Waals surface area contributed by atoms with Gasteiger partial charge < -0.3 is 15.1 Å². The summed E-state index contributed by atoms with van der Waals surface area (Å²) in [6.45, 7) is 1.79. The zero-order chi connectivity index (χ0) is 12.7. The molecule has 4 nitrogen and oxygen atoms in total. The van der Waals surface area contributed by atoms with Crippen LogP contribution in [0.5, 0.6) is 0 Å². The van der Waals surface area contributed by atoms with Gasteiger partial charge in [0.25, 0.3) is 0 Å². The summed E-state index contributed by atoms with van der Waals surface area (Å²) in [7, 11) is 0. The van der Waals surface area contributed by atoms with Crippen LogP contribution in [0.15, 0.2) is 36.5 Å². The maximum atomic E-state index is 11.0. The highest BCUT2D eigenvalue weighted by Crippen LogP contribution is 2.29. The largest absolute Gasteiger partial charge is 0.477 e. The Morgan fingerprint density at radius 3 is 2.78 bits per heavy atom. The third kappa shape index (κ3) is 1.50. The van der Waals surface area contributed by atoms with E-state index in [1.165, 1.54) is 0 Å². The van der Waals surface area contributed by atoms with Gasteiger partial charge in [0.15, 0.2) is 0 Å². The number of carboxylic acid groups (broad SMARTS) is 1. The van der Waals surface area contributed by atoms with Gasteiger partial charge in [-0.1, -0.05) is 18.2 Å². The van der Waals surface area contributed by atoms with Crippen molar-refractivity contribution in [2.24, 2.45) is 0 Å². The summed E-state index contributed by atoms with van der Waals surface area (Å²) in [4.78, 5) is 17.2. The lowest BCUT2D eigenvalue weighted by Crippen LogP contribution is -1.98. The number of aryl methyl sites for hydroxylation is 1. The van der Waals surface area contributed by atoms with Crippen molar-refractivity contribution in [1.82, 2.24) is 9.97 Å². The SMILES string of the molecule is Cc1cc(-c2c[nH]c3ccccc23)[nH]c1C(=O)O. The summed E-state index contributed by atoms with van der Waals surface area (Å²) in [5.74, 6) is -0.932. The Hall–Kier alpha value is -2.49. The third-order valence-electron chi connectivity index (χ3n) is 3.11. The summed E-state index contributed by atoms with van der Waals surface area (Å²) in [5.41, 5.74) is 3.83. The second-order valence-corrected chi connectivity index (χ2v) is 4.29. The lowest BCUT2D eigenvalue weighted by Gasteiger charge is -1.95. The molecular weight excluding hydrogens is 228 g/mol. The van der Waals surface area contributed by atoms with Crippen molar-refractivity contribution in [2.75, 3.05) is 0 Å². The average Bonchev–Trinajstić information content (AvgIpc) is 2.92. The van der Waals surface area contributed by atoms with Gasteiger partial charge in [-0.25, -0.2) is 4.79 Å². The van der Waals surface area contributed by atoms with E-state index < -0.39 is 5.97 Å². The van der Waals surface area contributed by atoms with E-state index in [1.807, 2.05) is 36.5 Å². The Labute approximate surface area is 103 Å². The molecule has 0 amide bonds. The highest BCUT2D eigenvalue weighted by molar-refractivity contribution is 5.96.